The van der Waals surface area contributed by atoms with Crippen LogP contribution in [0.4, 0.5) is 5.69 Å². The SMILES string of the molecule is Cc1ccc(NC(C#N)c2ccc(C)cc2)cc1. The van der Waals surface area contributed by atoms with E-state index in [1.807, 2.05) is 62.4 Å². The molecular formula is C16H16N2. The third-order valence-corrected chi connectivity index (χ3v) is 2.90. The van der Waals surface area contributed by atoms with Crippen LogP contribution in [0.3, 0.4) is 0 Å². The van der Waals surface area contributed by atoms with Gasteiger partial charge in [-0.25, -0.2) is 0 Å². The average Bonchev–Trinajstić information content (AvgIpc) is 2.39. The molecule has 0 amide bonds. The number of nitrogens with one attached hydrogen (secondary N) is 1. The fourth-order valence-corrected chi connectivity index (χ4v) is 1.77. The van der Waals surface area contributed by atoms with Gasteiger partial charge in [0.2, 0.25) is 0 Å². The summed E-state index contributed by atoms with van der Waals surface area (Å²) in [6, 6.07) is 18.1. The van der Waals surface area contributed by atoms with E-state index in [9.17, 15) is 5.26 Å². The van der Waals surface area contributed by atoms with Crippen molar-refractivity contribution in [2.75, 3.05) is 5.32 Å². The lowest BCUT2D eigenvalue weighted by Crippen LogP contribution is -2.08. The van der Waals surface area contributed by atoms with Crippen molar-refractivity contribution < 1.29 is 0 Å². The van der Waals surface area contributed by atoms with E-state index in [4.69, 9.17) is 0 Å². The maximum absolute atomic E-state index is 9.25. The quantitative estimate of drug-likeness (QED) is 0.875. The van der Waals surface area contributed by atoms with Gasteiger partial charge in [0.15, 0.2) is 0 Å². The molecule has 0 spiro atoms. The summed E-state index contributed by atoms with van der Waals surface area (Å²) in [5.74, 6) is 0. The largest absolute Gasteiger partial charge is 0.366 e. The molecule has 18 heavy (non-hydrogen) atoms. The van der Waals surface area contributed by atoms with Gasteiger partial charge in [0.25, 0.3) is 0 Å². The Hall–Kier alpha value is -2.27. The Balaban J connectivity index is 2.17. The van der Waals surface area contributed by atoms with Gasteiger partial charge in [-0.3, -0.25) is 0 Å². The van der Waals surface area contributed by atoms with Crippen LogP contribution >= 0.6 is 0 Å². The molecular weight excluding hydrogens is 220 g/mol. The first-order valence-corrected chi connectivity index (χ1v) is 5.98. The summed E-state index contributed by atoms with van der Waals surface area (Å²) >= 11 is 0. The third-order valence-electron chi connectivity index (χ3n) is 2.90. The van der Waals surface area contributed by atoms with E-state index < -0.39 is 0 Å². The molecule has 2 heteroatoms. The zero-order chi connectivity index (χ0) is 13.0. The van der Waals surface area contributed by atoms with Crippen molar-refractivity contribution in [3.63, 3.8) is 0 Å². The van der Waals surface area contributed by atoms with Crippen LogP contribution in [0.25, 0.3) is 0 Å². The lowest BCUT2D eigenvalue weighted by atomic mass is 10.1. The monoisotopic (exact) mass is 236 g/mol. The fourth-order valence-electron chi connectivity index (χ4n) is 1.77. The zero-order valence-electron chi connectivity index (χ0n) is 10.6. The van der Waals surface area contributed by atoms with Gasteiger partial charge in [-0.05, 0) is 31.5 Å². The topological polar surface area (TPSA) is 35.8 Å². The first-order valence-electron chi connectivity index (χ1n) is 5.98. The Morgan fingerprint density at radius 3 is 1.89 bits per heavy atom. The van der Waals surface area contributed by atoms with Crippen LogP contribution in [0.1, 0.15) is 22.7 Å². The Kier molecular flexibility index (Phi) is 3.64. The first-order chi connectivity index (χ1) is 8.69. The average molecular weight is 236 g/mol. The Morgan fingerprint density at radius 2 is 1.39 bits per heavy atom. The highest BCUT2D eigenvalue weighted by Crippen LogP contribution is 2.19. The van der Waals surface area contributed by atoms with Crippen molar-refractivity contribution in [2.24, 2.45) is 0 Å². The molecule has 1 N–H and O–H groups in total. The number of nitriles is 1. The van der Waals surface area contributed by atoms with Crippen molar-refractivity contribution >= 4 is 5.69 Å². The summed E-state index contributed by atoms with van der Waals surface area (Å²) in [6.45, 7) is 4.09. The van der Waals surface area contributed by atoms with Crippen molar-refractivity contribution in [1.82, 2.24) is 0 Å². The molecule has 1 unspecified atom stereocenters. The molecule has 1 atom stereocenters. The van der Waals surface area contributed by atoms with Gasteiger partial charge < -0.3 is 5.32 Å². The van der Waals surface area contributed by atoms with Crippen molar-refractivity contribution in [2.45, 2.75) is 19.9 Å². The van der Waals surface area contributed by atoms with Crippen LogP contribution < -0.4 is 5.32 Å². The summed E-state index contributed by atoms with van der Waals surface area (Å²) in [7, 11) is 0. The molecule has 0 heterocycles. The maximum Gasteiger partial charge on any atom is 0.140 e. The summed E-state index contributed by atoms with van der Waals surface area (Å²) in [6.07, 6.45) is 0. The van der Waals surface area contributed by atoms with Gasteiger partial charge in [-0.15, -0.1) is 0 Å². The lowest BCUT2D eigenvalue weighted by molar-refractivity contribution is 0.996. The van der Waals surface area contributed by atoms with E-state index in [-0.39, 0.29) is 6.04 Å². The number of aryl methyl sites for hydroxylation is 2. The van der Waals surface area contributed by atoms with Crippen LogP contribution in [0.5, 0.6) is 0 Å². The number of anilines is 1. The van der Waals surface area contributed by atoms with Crippen molar-refractivity contribution in [3.8, 4) is 6.07 Å². The molecule has 0 bridgehead atoms. The van der Waals surface area contributed by atoms with Crippen LogP contribution in [-0.2, 0) is 0 Å². The molecule has 0 aliphatic heterocycles. The Labute approximate surface area is 108 Å². The Morgan fingerprint density at radius 1 is 0.889 bits per heavy atom. The molecule has 0 aliphatic carbocycles. The number of hydrogen-bond acceptors (Lipinski definition) is 2. The molecule has 0 saturated heterocycles. The van der Waals surface area contributed by atoms with Crippen LogP contribution in [-0.4, -0.2) is 0 Å². The summed E-state index contributed by atoms with van der Waals surface area (Å²) in [5.41, 5.74) is 4.37. The van der Waals surface area contributed by atoms with Crippen LogP contribution in [0, 0.1) is 25.2 Å². The minimum Gasteiger partial charge on any atom is -0.366 e. The highest BCUT2D eigenvalue weighted by atomic mass is 14.9. The minimum atomic E-state index is -0.312. The Bertz CT molecular complexity index is 547. The minimum absolute atomic E-state index is 0.312. The van der Waals surface area contributed by atoms with Crippen LogP contribution in [0.2, 0.25) is 0 Å². The van der Waals surface area contributed by atoms with E-state index in [1.165, 1.54) is 11.1 Å². The molecule has 0 aromatic heterocycles. The van der Waals surface area contributed by atoms with E-state index in [0.29, 0.717) is 0 Å². The molecule has 0 fully saturated rings. The van der Waals surface area contributed by atoms with Crippen molar-refractivity contribution in [3.05, 3.63) is 65.2 Å². The second-order valence-corrected chi connectivity index (χ2v) is 4.48. The fraction of sp³-hybridized carbons (Fsp3) is 0.188. The van der Waals surface area contributed by atoms with E-state index >= 15 is 0 Å². The van der Waals surface area contributed by atoms with Crippen molar-refractivity contribution in [1.29, 1.82) is 5.26 Å². The summed E-state index contributed by atoms with van der Waals surface area (Å²) in [4.78, 5) is 0. The smallest absolute Gasteiger partial charge is 0.140 e. The van der Waals surface area contributed by atoms with E-state index in [2.05, 4.69) is 11.4 Å². The number of nitrogens with zero attached hydrogens (tertiary/aromatic N) is 1. The standard InChI is InChI=1S/C16H16N2/c1-12-3-7-14(8-4-12)16(11-17)18-15-9-5-13(2)6-10-15/h3-10,16,18H,1-2H3. The zero-order valence-corrected chi connectivity index (χ0v) is 10.6. The molecule has 0 radical (unpaired) electrons. The van der Waals surface area contributed by atoms with Crippen LogP contribution in [0.15, 0.2) is 48.5 Å². The first kappa shape index (κ1) is 12.2. The predicted octanol–water partition coefficient (Wildman–Crippen LogP) is 3.98. The molecule has 2 rings (SSSR count). The molecule has 90 valence electrons. The van der Waals surface area contributed by atoms with E-state index in [1.54, 1.807) is 0 Å². The lowest BCUT2D eigenvalue weighted by Gasteiger charge is -2.13. The molecule has 2 nitrogen and oxygen atoms in total. The number of hydrogen-bond donors (Lipinski definition) is 1. The van der Waals surface area contributed by atoms with E-state index in [0.717, 1.165) is 11.3 Å². The highest BCUT2D eigenvalue weighted by Gasteiger charge is 2.09. The predicted molar refractivity (Wildman–Crippen MR) is 74.3 cm³/mol. The number of rotatable bonds is 3. The molecule has 0 aliphatic rings. The van der Waals surface area contributed by atoms with Gasteiger partial charge in [0.1, 0.15) is 6.04 Å². The second-order valence-electron chi connectivity index (χ2n) is 4.48. The van der Waals surface area contributed by atoms with Gasteiger partial charge >= 0.3 is 0 Å². The highest BCUT2D eigenvalue weighted by molar-refractivity contribution is 5.48. The van der Waals surface area contributed by atoms with Gasteiger partial charge in [0, 0.05) is 5.69 Å². The molecule has 2 aromatic carbocycles. The summed E-state index contributed by atoms with van der Waals surface area (Å²) in [5, 5.41) is 12.5. The van der Waals surface area contributed by atoms with Gasteiger partial charge in [-0.1, -0.05) is 47.5 Å². The molecule has 2 aromatic rings. The third kappa shape index (κ3) is 2.89. The maximum atomic E-state index is 9.25. The van der Waals surface area contributed by atoms with Gasteiger partial charge in [0.05, 0.1) is 6.07 Å². The second kappa shape index (κ2) is 5.37. The summed E-state index contributed by atoms with van der Waals surface area (Å²) < 4.78 is 0. The van der Waals surface area contributed by atoms with Gasteiger partial charge in [-0.2, -0.15) is 5.26 Å². The number of benzene rings is 2. The molecule has 0 saturated carbocycles. The normalized spacial score (nSPS) is 11.6.